The second-order valence-corrected chi connectivity index (χ2v) is 5.61. The minimum absolute atomic E-state index is 0.355. The molecular formula is C12H19BrN2O. The highest BCUT2D eigenvalue weighted by molar-refractivity contribution is 9.09. The summed E-state index contributed by atoms with van der Waals surface area (Å²) in [4.78, 5) is 9.04. The Bertz CT molecular complexity index is 321. The smallest absolute Gasteiger partial charge is 0.232 e. The molecule has 0 aromatic carbocycles. The van der Waals surface area contributed by atoms with Gasteiger partial charge < -0.3 is 4.74 Å². The molecule has 0 fully saturated rings. The van der Waals surface area contributed by atoms with E-state index in [4.69, 9.17) is 4.74 Å². The Morgan fingerprint density at radius 1 is 1.31 bits per heavy atom. The van der Waals surface area contributed by atoms with E-state index >= 15 is 0 Å². The maximum Gasteiger partial charge on any atom is 0.232 e. The molecule has 1 aromatic rings. The average Bonchev–Trinajstić information content (AvgIpc) is 2.17. The molecule has 90 valence electrons. The van der Waals surface area contributed by atoms with Crippen molar-refractivity contribution in [3.8, 4) is 5.88 Å². The molecule has 0 bridgehead atoms. The van der Waals surface area contributed by atoms with Crippen molar-refractivity contribution in [3.63, 3.8) is 0 Å². The van der Waals surface area contributed by atoms with Crippen LogP contribution in [0.2, 0.25) is 0 Å². The van der Waals surface area contributed by atoms with Crippen LogP contribution in [0.1, 0.15) is 39.3 Å². The first-order valence-corrected chi connectivity index (χ1v) is 6.56. The second kappa shape index (κ2) is 6.18. The first kappa shape index (κ1) is 13.4. The van der Waals surface area contributed by atoms with E-state index < -0.39 is 0 Å². The number of halogens is 1. The molecule has 0 N–H and O–H groups in total. The third-order valence-electron chi connectivity index (χ3n) is 2.48. The summed E-state index contributed by atoms with van der Waals surface area (Å²) in [5.41, 5.74) is 0.991. The molecule has 3 nitrogen and oxygen atoms in total. The summed E-state index contributed by atoms with van der Waals surface area (Å²) in [6, 6.07) is 0. The van der Waals surface area contributed by atoms with Gasteiger partial charge in [-0.2, -0.15) is 0 Å². The lowest BCUT2D eigenvalue weighted by atomic mass is 9.90. The minimum Gasteiger partial charge on any atom is -0.477 e. The van der Waals surface area contributed by atoms with Crippen molar-refractivity contribution in [3.05, 3.63) is 18.1 Å². The molecule has 1 aromatic heterocycles. The van der Waals surface area contributed by atoms with Gasteiger partial charge in [-0.05, 0) is 12.8 Å². The monoisotopic (exact) mass is 286 g/mol. The zero-order valence-electron chi connectivity index (χ0n) is 10.3. The first-order valence-electron chi connectivity index (χ1n) is 5.65. The van der Waals surface area contributed by atoms with E-state index in [-0.39, 0.29) is 0 Å². The summed E-state index contributed by atoms with van der Waals surface area (Å²) in [6.45, 7) is 9.09. The Balaban J connectivity index is 2.95. The molecule has 0 saturated heterocycles. The van der Waals surface area contributed by atoms with E-state index in [9.17, 15) is 0 Å². The SMILES string of the molecule is CCOc1cncc(C(C(C)C)C(C)Br)n1. The van der Waals surface area contributed by atoms with Crippen molar-refractivity contribution in [2.24, 2.45) is 5.92 Å². The van der Waals surface area contributed by atoms with Gasteiger partial charge in [0.15, 0.2) is 0 Å². The van der Waals surface area contributed by atoms with Crippen molar-refractivity contribution < 1.29 is 4.74 Å². The normalized spacial score (nSPS) is 14.9. The van der Waals surface area contributed by atoms with E-state index in [1.807, 2.05) is 13.1 Å². The van der Waals surface area contributed by atoms with Crippen molar-refractivity contribution >= 4 is 15.9 Å². The highest BCUT2D eigenvalue weighted by Crippen LogP contribution is 2.31. The van der Waals surface area contributed by atoms with Gasteiger partial charge in [-0.1, -0.05) is 36.7 Å². The van der Waals surface area contributed by atoms with Crippen LogP contribution in [-0.2, 0) is 0 Å². The van der Waals surface area contributed by atoms with Gasteiger partial charge >= 0.3 is 0 Å². The average molecular weight is 287 g/mol. The molecule has 1 rings (SSSR count). The number of hydrogen-bond donors (Lipinski definition) is 0. The zero-order chi connectivity index (χ0) is 12.1. The van der Waals surface area contributed by atoms with Crippen LogP contribution >= 0.6 is 15.9 Å². The highest BCUT2D eigenvalue weighted by Gasteiger charge is 2.22. The van der Waals surface area contributed by atoms with E-state index in [0.29, 0.717) is 29.1 Å². The van der Waals surface area contributed by atoms with Gasteiger partial charge in [-0.25, -0.2) is 4.98 Å². The molecule has 0 radical (unpaired) electrons. The maximum absolute atomic E-state index is 5.37. The summed E-state index contributed by atoms with van der Waals surface area (Å²) in [7, 11) is 0. The Hall–Kier alpha value is -0.640. The van der Waals surface area contributed by atoms with Crippen molar-refractivity contribution in [2.45, 2.75) is 38.4 Å². The number of alkyl halides is 1. The van der Waals surface area contributed by atoms with Gasteiger partial charge in [-0.15, -0.1) is 0 Å². The van der Waals surface area contributed by atoms with E-state index in [0.717, 1.165) is 5.69 Å². The van der Waals surface area contributed by atoms with E-state index in [1.54, 1.807) is 6.20 Å². The quantitative estimate of drug-likeness (QED) is 0.778. The summed E-state index contributed by atoms with van der Waals surface area (Å²) in [6.07, 6.45) is 3.48. The molecule has 0 amide bonds. The van der Waals surface area contributed by atoms with Gasteiger partial charge in [0.1, 0.15) is 0 Å². The molecule has 16 heavy (non-hydrogen) atoms. The lowest BCUT2D eigenvalue weighted by molar-refractivity contribution is 0.322. The van der Waals surface area contributed by atoms with Crippen molar-refractivity contribution in [1.29, 1.82) is 0 Å². The fourth-order valence-corrected chi connectivity index (χ4v) is 2.73. The van der Waals surface area contributed by atoms with Crippen LogP contribution < -0.4 is 4.74 Å². The summed E-state index contributed by atoms with van der Waals surface area (Å²) < 4.78 is 5.37. The van der Waals surface area contributed by atoms with Crippen LogP contribution in [0.25, 0.3) is 0 Å². The van der Waals surface area contributed by atoms with E-state index in [1.165, 1.54) is 0 Å². The zero-order valence-corrected chi connectivity index (χ0v) is 11.9. The summed E-state index contributed by atoms with van der Waals surface area (Å²) >= 11 is 3.63. The van der Waals surface area contributed by atoms with Crippen molar-refractivity contribution in [1.82, 2.24) is 9.97 Å². The fourth-order valence-electron chi connectivity index (χ4n) is 1.85. The molecular weight excluding hydrogens is 268 g/mol. The van der Waals surface area contributed by atoms with Crippen LogP contribution in [0.5, 0.6) is 5.88 Å². The Kier molecular flexibility index (Phi) is 5.19. The van der Waals surface area contributed by atoms with Crippen molar-refractivity contribution in [2.75, 3.05) is 6.61 Å². The molecule has 2 atom stereocenters. The third-order valence-corrected chi connectivity index (χ3v) is 3.05. The van der Waals surface area contributed by atoms with Crippen LogP contribution in [0.15, 0.2) is 12.4 Å². The predicted molar refractivity (Wildman–Crippen MR) is 69.2 cm³/mol. The molecule has 1 heterocycles. The topological polar surface area (TPSA) is 35.0 Å². The number of hydrogen-bond acceptors (Lipinski definition) is 3. The van der Waals surface area contributed by atoms with Gasteiger partial charge in [0, 0.05) is 16.9 Å². The lowest BCUT2D eigenvalue weighted by Crippen LogP contribution is -2.17. The number of ether oxygens (including phenoxy) is 1. The standard InChI is InChI=1S/C12H19BrN2O/c1-5-16-11-7-14-6-10(15-11)12(8(2)3)9(4)13/h6-9,12H,5H2,1-4H3. The Morgan fingerprint density at radius 3 is 2.50 bits per heavy atom. The van der Waals surface area contributed by atoms with Gasteiger partial charge in [-0.3, -0.25) is 4.98 Å². The molecule has 0 aliphatic heterocycles. The Labute approximate surface area is 106 Å². The molecule has 4 heteroatoms. The third kappa shape index (κ3) is 3.44. The Morgan fingerprint density at radius 2 is 2.00 bits per heavy atom. The molecule has 0 spiro atoms. The molecule has 0 aliphatic rings. The van der Waals surface area contributed by atoms with Crippen LogP contribution in [0.3, 0.4) is 0 Å². The maximum atomic E-state index is 5.37. The van der Waals surface area contributed by atoms with Crippen LogP contribution in [0, 0.1) is 5.92 Å². The second-order valence-electron chi connectivity index (χ2n) is 4.16. The highest BCUT2D eigenvalue weighted by atomic mass is 79.9. The lowest BCUT2D eigenvalue weighted by Gasteiger charge is -2.22. The number of rotatable bonds is 5. The van der Waals surface area contributed by atoms with Crippen LogP contribution in [-0.4, -0.2) is 21.4 Å². The van der Waals surface area contributed by atoms with Crippen LogP contribution in [0.4, 0.5) is 0 Å². The molecule has 0 aliphatic carbocycles. The molecule has 0 saturated carbocycles. The fraction of sp³-hybridized carbons (Fsp3) is 0.667. The van der Waals surface area contributed by atoms with Gasteiger partial charge in [0.2, 0.25) is 5.88 Å². The predicted octanol–water partition coefficient (Wildman–Crippen LogP) is 3.40. The van der Waals surface area contributed by atoms with E-state index in [2.05, 4.69) is 46.7 Å². The largest absolute Gasteiger partial charge is 0.477 e. The summed E-state index contributed by atoms with van der Waals surface area (Å²) in [5, 5.41) is 0. The number of nitrogens with zero attached hydrogens (tertiary/aromatic N) is 2. The number of aromatic nitrogens is 2. The first-order chi connectivity index (χ1) is 7.56. The molecule has 2 unspecified atom stereocenters. The minimum atomic E-state index is 0.355. The van der Waals surface area contributed by atoms with Gasteiger partial charge in [0.25, 0.3) is 0 Å². The van der Waals surface area contributed by atoms with Gasteiger partial charge in [0.05, 0.1) is 18.5 Å². The summed E-state index contributed by atoms with van der Waals surface area (Å²) in [5.74, 6) is 1.48.